The summed E-state index contributed by atoms with van der Waals surface area (Å²) < 4.78 is 3.27. The van der Waals surface area contributed by atoms with Gasteiger partial charge in [-0.1, -0.05) is 42.1 Å². The van der Waals surface area contributed by atoms with Gasteiger partial charge in [-0.15, -0.1) is 0 Å². The van der Waals surface area contributed by atoms with E-state index in [9.17, 15) is 0 Å². The van der Waals surface area contributed by atoms with Crippen molar-refractivity contribution in [1.29, 1.82) is 0 Å². The second kappa shape index (κ2) is 5.16. The van der Waals surface area contributed by atoms with Gasteiger partial charge in [0.2, 0.25) is 5.95 Å². The van der Waals surface area contributed by atoms with Gasteiger partial charge in [0, 0.05) is 11.0 Å². The lowest BCUT2D eigenvalue weighted by Crippen LogP contribution is -2.22. The van der Waals surface area contributed by atoms with Gasteiger partial charge in [0.1, 0.15) is 0 Å². The van der Waals surface area contributed by atoms with Crippen molar-refractivity contribution in [3.63, 3.8) is 0 Å². The molecule has 3 nitrogen and oxygen atoms in total. The Kier molecular flexibility index (Phi) is 3.52. The predicted molar refractivity (Wildman–Crippen MR) is 83.0 cm³/mol. The van der Waals surface area contributed by atoms with Crippen LogP contribution in [-0.2, 0) is 6.54 Å². The highest BCUT2D eigenvalue weighted by Gasteiger charge is 2.23. The van der Waals surface area contributed by atoms with Gasteiger partial charge >= 0.3 is 0 Å². The van der Waals surface area contributed by atoms with Crippen molar-refractivity contribution in [1.82, 2.24) is 9.55 Å². The average Bonchev–Trinajstić information content (AvgIpc) is 2.69. The molecule has 102 valence electrons. The molecule has 1 aromatic carbocycles. The molecular formula is C15H20BrN3. The predicted octanol–water partition coefficient (Wildman–Crippen LogP) is 4.21. The fourth-order valence-electron chi connectivity index (χ4n) is 3.21. The number of hydrogen-bond acceptors (Lipinski definition) is 2. The molecule has 1 fully saturated rings. The van der Waals surface area contributed by atoms with Crippen LogP contribution in [0.3, 0.4) is 0 Å². The molecule has 0 radical (unpaired) electrons. The van der Waals surface area contributed by atoms with Gasteiger partial charge in [0.05, 0.1) is 11.0 Å². The Morgan fingerprint density at radius 3 is 2.95 bits per heavy atom. The summed E-state index contributed by atoms with van der Waals surface area (Å²) in [7, 11) is 0. The number of aromatic nitrogens is 2. The zero-order valence-electron chi connectivity index (χ0n) is 11.3. The number of benzene rings is 1. The van der Waals surface area contributed by atoms with Crippen LogP contribution >= 0.6 is 15.9 Å². The maximum atomic E-state index is 6.10. The highest BCUT2D eigenvalue weighted by molar-refractivity contribution is 9.10. The maximum absolute atomic E-state index is 6.10. The fraction of sp³-hybridized carbons (Fsp3) is 0.533. The van der Waals surface area contributed by atoms with Gasteiger partial charge < -0.3 is 10.3 Å². The minimum atomic E-state index is 0.644. The van der Waals surface area contributed by atoms with E-state index < -0.39 is 0 Å². The molecule has 1 aromatic heterocycles. The van der Waals surface area contributed by atoms with Crippen molar-refractivity contribution in [3.8, 4) is 0 Å². The van der Waals surface area contributed by atoms with Crippen LogP contribution in [-0.4, -0.2) is 9.55 Å². The van der Waals surface area contributed by atoms with E-state index in [1.165, 1.54) is 25.7 Å². The molecule has 2 aromatic rings. The van der Waals surface area contributed by atoms with Gasteiger partial charge in [-0.25, -0.2) is 4.98 Å². The number of nitrogens with two attached hydrogens (primary N) is 1. The number of imidazole rings is 1. The summed E-state index contributed by atoms with van der Waals surface area (Å²) >= 11 is 3.53. The number of anilines is 1. The van der Waals surface area contributed by atoms with Gasteiger partial charge in [-0.3, -0.25) is 0 Å². The first kappa shape index (κ1) is 13.0. The molecule has 0 amide bonds. The van der Waals surface area contributed by atoms with Gasteiger partial charge in [-0.05, 0) is 36.5 Å². The van der Waals surface area contributed by atoms with E-state index in [2.05, 4.69) is 38.5 Å². The van der Waals surface area contributed by atoms with E-state index in [0.29, 0.717) is 5.95 Å². The first-order chi connectivity index (χ1) is 9.15. The van der Waals surface area contributed by atoms with Gasteiger partial charge in [0.25, 0.3) is 0 Å². The average molecular weight is 322 g/mol. The Hall–Kier alpha value is -1.03. The largest absolute Gasteiger partial charge is 0.369 e. The molecule has 3 rings (SSSR count). The summed E-state index contributed by atoms with van der Waals surface area (Å²) in [5, 5.41) is 0. The van der Waals surface area contributed by atoms with Crippen LogP contribution in [0.25, 0.3) is 11.0 Å². The highest BCUT2D eigenvalue weighted by atomic mass is 79.9. The minimum absolute atomic E-state index is 0.644. The van der Waals surface area contributed by atoms with Crippen LogP contribution in [0.1, 0.15) is 32.6 Å². The number of rotatable bonds is 2. The van der Waals surface area contributed by atoms with Gasteiger partial charge in [0.15, 0.2) is 0 Å². The third-order valence-corrected chi connectivity index (χ3v) is 4.94. The van der Waals surface area contributed by atoms with Crippen molar-refractivity contribution in [3.05, 3.63) is 22.7 Å². The topological polar surface area (TPSA) is 43.8 Å². The first-order valence-corrected chi connectivity index (χ1v) is 7.85. The zero-order valence-corrected chi connectivity index (χ0v) is 12.9. The summed E-state index contributed by atoms with van der Waals surface area (Å²) in [6.45, 7) is 3.37. The minimum Gasteiger partial charge on any atom is -0.369 e. The van der Waals surface area contributed by atoms with Crippen molar-refractivity contribution in [2.45, 2.75) is 39.2 Å². The number of hydrogen-bond donors (Lipinski definition) is 1. The molecule has 1 aliphatic carbocycles. The van der Waals surface area contributed by atoms with Crippen LogP contribution in [0.2, 0.25) is 0 Å². The molecule has 2 atom stereocenters. The Bertz CT molecular complexity index is 590. The maximum Gasteiger partial charge on any atom is 0.201 e. The summed E-state index contributed by atoms with van der Waals surface area (Å²) in [6.07, 6.45) is 5.39. The lowest BCUT2D eigenvalue weighted by atomic mass is 9.80. The molecule has 4 heteroatoms. The monoisotopic (exact) mass is 321 g/mol. The summed E-state index contributed by atoms with van der Waals surface area (Å²) in [5.41, 5.74) is 8.24. The van der Waals surface area contributed by atoms with E-state index in [1.807, 2.05) is 12.1 Å². The molecule has 0 bridgehead atoms. The lowest BCUT2D eigenvalue weighted by Gasteiger charge is -2.29. The van der Waals surface area contributed by atoms with E-state index in [4.69, 9.17) is 5.73 Å². The number of fused-ring (bicyclic) bond motifs is 1. The lowest BCUT2D eigenvalue weighted by molar-refractivity contribution is 0.231. The van der Waals surface area contributed by atoms with Crippen LogP contribution in [0.4, 0.5) is 5.95 Å². The SMILES string of the molecule is CC1CCCCC1Cn1c(N)nc2ccc(Br)cc21. The molecule has 0 spiro atoms. The number of halogens is 1. The summed E-state index contributed by atoms with van der Waals surface area (Å²) in [4.78, 5) is 4.46. The summed E-state index contributed by atoms with van der Waals surface area (Å²) in [5.74, 6) is 2.16. The Labute approximate surface area is 122 Å². The Morgan fingerprint density at radius 1 is 1.37 bits per heavy atom. The van der Waals surface area contributed by atoms with E-state index in [0.717, 1.165) is 33.9 Å². The first-order valence-electron chi connectivity index (χ1n) is 7.06. The quantitative estimate of drug-likeness (QED) is 0.900. The Balaban J connectivity index is 1.95. The third-order valence-electron chi connectivity index (χ3n) is 4.45. The van der Waals surface area contributed by atoms with E-state index in [-0.39, 0.29) is 0 Å². The fourth-order valence-corrected chi connectivity index (χ4v) is 3.55. The van der Waals surface area contributed by atoms with Crippen molar-refractivity contribution < 1.29 is 0 Å². The normalized spacial score (nSPS) is 23.9. The van der Waals surface area contributed by atoms with E-state index in [1.54, 1.807) is 0 Å². The second-order valence-corrected chi connectivity index (χ2v) is 6.65. The van der Waals surface area contributed by atoms with Gasteiger partial charge in [-0.2, -0.15) is 0 Å². The third kappa shape index (κ3) is 2.50. The number of nitrogens with zero attached hydrogens (tertiary/aromatic N) is 2. The molecule has 2 N–H and O–H groups in total. The van der Waals surface area contributed by atoms with Crippen molar-refractivity contribution in [2.24, 2.45) is 11.8 Å². The standard InChI is InChI=1S/C15H20BrN3/c1-10-4-2-3-5-11(10)9-19-14-8-12(16)6-7-13(14)18-15(19)17/h6-8,10-11H,2-5,9H2,1H3,(H2,17,18). The smallest absolute Gasteiger partial charge is 0.201 e. The molecule has 1 heterocycles. The van der Waals surface area contributed by atoms with Crippen LogP contribution in [0, 0.1) is 11.8 Å². The van der Waals surface area contributed by atoms with Crippen molar-refractivity contribution in [2.75, 3.05) is 5.73 Å². The van der Waals surface area contributed by atoms with Crippen LogP contribution in [0.15, 0.2) is 22.7 Å². The molecule has 0 saturated heterocycles. The Morgan fingerprint density at radius 2 is 2.16 bits per heavy atom. The highest BCUT2D eigenvalue weighted by Crippen LogP contribution is 2.32. The van der Waals surface area contributed by atoms with Crippen LogP contribution in [0.5, 0.6) is 0 Å². The van der Waals surface area contributed by atoms with Crippen LogP contribution < -0.4 is 5.73 Å². The molecule has 0 aliphatic heterocycles. The molecule has 1 aliphatic rings. The molecular weight excluding hydrogens is 302 g/mol. The summed E-state index contributed by atoms with van der Waals surface area (Å²) in [6, 6.07) is 6.16. The molecule has 1 saturated carbocycles. The molecule has 19 heavy (non-hydrogen) atoms. The van der Waals surface area contributed by atoms with Crippen molar-refractivity contribution >= 4 is 32.9 Å². The van der Waals surface area contributed by atoms with E-state index >= 15 is 0 Å². The zero-order chi connectivity index (χ0) is 13.4. The number of nitrogen functional groups attached to an aromatic ring is 1. The molecule has 2 unspecified atom stereocenters. The second-order valence-electron chi connectivity index (χ2n) is 5.74.